The van der Waals surface area contributed by atoms with Gasteiger partial charge in [-0.3, -0.25) is 0 Å². The van der Waals surface area contributed by atoms with E-state index in [9.17, 15) is 0 Å². The number of hydrogen-bond donors (Lipinski definition) is 1. The number of nitrogens with zero attached hydrogens (tertiary/aromatic N) is 2. The lowest BCUT2D eigenvalue weighted by Gasteiger charge is -2.11. The number of para-hydroxylation sites is 1. The van der Waals surface area contributed by atoms with Gasteiger partial charge >= 0.3 is 0 Å². The summed E-state index contributed by atoms with van der Waals surface area (Å²) in [6.07, 6.45) is 1.72. The van der Waals surface area contributed by atoms with E-state index in [2.05, 4.69) is 15.3 Å². The molecule has 0 radical (unpaired) electrons. The highest BCUT2D eigenvalue weighted by Crippen LogP contribution is 2.28. The van der Waals surface area contributed by atoms with Crippen LogP contribution in [-0.4, -0.2) is 37.3 Å². The van der Waals surface area contributed by atoms with E-state index < -0.39 is 0 Å². The van der Waals surface area contributed by atoms with E-state index in [1.807, 2.05) is 30.3 Å². The Morgan fingerprint density at radius 2 is 2.00 bits per heavy atom. The van der Waals surface area contributed by atoms with Crippen LogP contribution in [0.4, 0.5) is 5.95 Å². The molecule has 0 atom stereocenters. The minimum absolute atomic E-state index is 0.511. The minimum atomic E-state index is 0.511. The van der Waals surface area contributed by atoms with Crippen molar-refractivity contribution in [1.82, 2.24) is 9.97 Å². The highest BCUT2D eigenvalue weighted by atomic mass is 16.5. The number of nitrogens with one attached hydrogen (secondary N) is 1. The standard InChI is InChI=1S/C14H17N3O2/c1-15-14-16-8-7-12(17-14)11-5-3-4-6-13(11)19-10-9-18-2/h3-8H,9-10H2,1-2H3,(H,15,16,17). The quantitative estimate of drug-likeness (QED) is 0.806. The minimum Gasteiger partial charge on any atom is -0.490 e. The van der Waals surface area contributed by atoms with E-state index in [4.69, 9.17) is 9.47 Å². The van der Waals surface area contributed by atoms with Crippen LogP contribution in [0.1, 0.15) is 0 Å². The molecule has 1 heterocycles. The molecule has 1 aromatic heterocycles. The molecular weight excluding hydrogens is 242 g/mol. The molecule has 0 unspecified atom stereocenters. The molecule has 0 aliphatic carbocycles. The second-order valence-corrected chi connectivity index (χ2v) is 3.85. The van der Waals surface area contributed by atoms with Crippen molar-refractivity contribution in [2.75, 3.05) is 32.7 Å². The van der Waals surface area contributed by atoms with Crippen molar-refractivity contribution >= 4 is 5.95 Å². The van der Waals surface area contributed by atoms with Gasteiger partial charge in [-0.05, 0) is 18.2 Å². The monoisotopic (exact) mass is 259 g/mol. The van der Waals surface area contributed by atoms with Gasteiger partial charge in [0.05, 0.1) is 12.3 Å². The van der Waals surface area contributed by atoms with Crippen LogP contribution in [0.15, 0.2) is 36.5 Å². The van der Waals surface area contributed by atoms with Crippen molar-refractivity contribution in [3.05, 3.63) is 36.5 Å². The SMILES string of the molecule is CNc1nccc(-c2ccccc2OCCOC)n1. The van der Waals surface area contributed by atoms with Crippen LogP contribution in [0, 0.1) is 0 Å². The molecule has 1 aromatic carbocycles. The molecule has 0 bridgehead atoms. The van der Waals surface area contributed by atoms with Crippen molar-refractivity contribution < 1.29 is 9.47 Å². The summed E-state index contributed by atoms with van der Waals surface area (Å²) in [7, 11) is 3.44. The molecule has 2 rings (SSSR count). The third-order valence-corrected chi connectivity index (χ3v) is 2.59. The Kier molecular flexibility index (Phi) is 4.69. The molecular formula is C14H17N3O2. The van der Waals surface area contributed by atoms with Gasteiger partial charge in [0, 0.05) is 25.9 Å². The summed E-state index contributed by atoms with van der Waals surface area (Å²) in [4.78, 5) is 8.52. The second kappa shape index (κ2) is 6.70. The van der Waals surface area contributed by atoms with Crippen molar-refractivity contribution in [1.29, 1.82) is 0 Å². The van der Waals surface area contributed by atoms with Crippen molar-refractivity contribution in [2.45, 2.75) is 0 Å². The van der Waals surface area contributed by atoms with Crippen LogP contribution >= 0.6 is 0 Å². The van der Waals surface area contributed by atoms with Crippen LogP contribution in [0.3, 0.4) is 0 Å². The molecule has 0 saturated heterocycles. The van der Waals surface area contributed by atoms with Gasteiger partial charge in [0.15, 0.2) is 0 Å². The summed E-state index contributed by atoms with van der Waals surface area (Å²) in [5, 5.41) is 2.93. The van der Waals surface area contributed by atoms with E-state index in [1.165, 1.54) is 0 Å². The smallest absolute Gasteiger partial charge is 0.222 e. The fourth-order valence-electron chi connectivity index (χ4n) is 1.67. The fraction of sp³-hybridized carbons (Fsp3) is 0.286. The Bertz CT molecular complexity index is 532. The summed E-state index contributed by atoms with van der Waals surface area (Å²) < 4.78 is 10.7. The third-order valence-electron chi connectivity index (χ3n) is 2.59. The van der Waals surface area contributed by atoms with Crippen LogP contribution in [-0.2, 0) is 4.74 Å². The summed E-state index contributed by atoms with van der Waals surface area (Å²) in [5.41, 5.74) is 1.77. The topological polar surface area (TPSA) is 56.3 Å². The molecule has 0 spiro atoms. The Balaban J connectivity index is 2.27. The second-order valence-electron chi connectivity index (χ2n) is 3.85. The number of ether oxygens (including phenoxy) is 2. The number of aromatic nitrogens is 2. The first-order valence-electron chi connectivity index (χ1n) is 6.07. The first kappa shape index (κ1) is 13.3. The average molecular weight is 259 g/mol. The highest BCUT2D eigenvalue weighted by molar-refractivity contribution is 5.67. The lowest BCUT2D eigenvalue weighted by Crippen LogP contribution is -2.05. The zero-order chi connectivity index (χ0) is 13.5. The van der Waals surface area contributed by atoms with E-state index in [0.717, 1.165) is 17.0 Å². The molecule has 19 heavy (non-hydrogen) atoms. The maximum atomic E-state index is 5.70. The van der Waals surface area contributed by atoms with Gasteiger partial charge in [0.25, 0.3) is 0 Å². The van der Waals surface area contributed by atoms with Crippen LogP contribution in [0.5, 0.6) is 5.75 Å². The number of anilines is 1. The van der Waals surface area contributed by atoms with Gasteiger partial charge in [0.1, 0.15) is 12.4 Å². The van der Waals surface area contributed by atoms with Crippen LogP contribution in [0.2, 0.25) is 0 Å². The van der Waals surface area contributed by atoms with E-state index in [1.54, 1.807) is 20.4 Å². The fourth-order valence-corrected chi connectivity index (χ4v) is 1.67. The highest BCUT2D eigenvalue weighted by Gasteiger charge is 2.07. The molecule has 100 valence electrons. The molecule has 2 aromatic rings. The molecule has 0 saturated carbocycles. The van der Waals surface area contributed by atoms with Crippen LogP contribution in [0.25, 0.3) is 11.3 Å². The summed E-state index contributed by atoms with van der Waals surface area (Å²) in [5.74, 6) is 1.38. The van der Waals surface area contributed by atoms with Gasteiger partial charge in [-0.25, -0.2) is 9.97 Å². The maximum Gasteiger partial charge on any atom is 0.222 e. The predicted octanol–water partition coefficient (Wildman–Crippen LogP) is 2.21. The van der Waals surface area contributed by atoms with E-state index >= 15 is 0 Å². The largest absolute Gasteiger partial charge is 0.490 e. The molecule has 0 aliphatic rings. The normalized spacial score (nSPS) is 10.2. The molecule has 1 N–H and O–H groups in total. The van der Waals surface area contributed by atoms with Gasteiger partial charge in [-0.2, -0.15) is 0 Å². The molecule has 0 fully saturated rings. The molecule has 0 amide bonds. The predicted molar refractivity (Wildman–Crippen MR) is 74.4 cm³/mol. The first-order chi connectivity index (χ1) is 9.35. The average Bonchev–Trinajstić information content (AvgIpc) is 2.48. The third kappa shape index (κ3) is 3.42. The Morgan fingerprint density at radius 3 is 2.79 bits per heavy atom. The molecule has 5 nitrogen and oxygen atoms in total. The molecule has 0 aliphatic heterocycles. The van der Waals surface area contributed by atoms with Gasteiger partial charge in [-0.15, -0.1) is 0 Å². The van der Waals surface area contributed by atoms with Gasteiger partial charge in [-0.1, -0.05) is 12.1 Å². The molecule has 5 heteroatoms. The van der Waals surface area contributed by atoms with Crippen molar-refractivity contribution in [3.8, 4) is 17.0 Å². The zero-order valence-corrected chi connectivity index (χ0v) is 11.1. The van der Waals surface area contributed by atoms with Crippen molar-refractivity contribution in [3.63, 3.8) is 0 Å². The summed E-state index contributed by atoms with van der Waals surface area (Å²) in [6.45, 7) is 1.07. The Morgan fingerprint density at radius 1 is 1.16 bits per heavy atom. The van der Waals surface area contributed by atoms with Gasteiger partial charge < -0.3 is 14.8 Å². The number of methoxy groups -OCH3 is 1. The van der Waals surface area contributed by atoms with Crippen molar-refractivity contribution in [2.24, 2.45) is 0 Å². The first-order valence-corrected chi connectivity index (χ1v) is 6.07. The number of hydrogen-bond acceptors (Lipinski definition) is 5. The lowest BCUT2D eigenvalue weighted by atomic mass is 10.1. The number of benzene rings is 1. The van der Waals surface area contributed by atoms with E-state index in [0.29, 0.717) is 19.2 Å². The maximum absolute atomic E-state index is 5.70. The summed E-state index contributed by atoms with van der Waals surface area (Å²) >= 11 is 0. The zero-order valence-electron chi connectivity index (χ0n) is 11.1. The van der Waals surface area contributed by atoms with Gasteiger partial charge in [0.2, 0.25) is 5.95 Å². The summed E-state index contributed by atoms with van der Waals surface area (Å²) in [6, 6.07) is 9.65. The Labute approximate surface area is 112 Å². The lowest BCUT2D eigenvalue weighted by molar-refractivity contribution is 0.146. The van der Waals surface area contributed by atoms with E-state index in [-0.39, 0.29) is 0 Å². The number of rotatable bonds is 6. The van der Waals surface area contributed by atoms with Crippen LogP contribution < -0.4 is 10.1 Å². The Hall–Kier alpha value is -2.14.